The van der Waals surface area contributed by atoms with Crippen LogP contribution in [0.4, 0.5) is 5.82 Å². The van der Waals surface area contributed by atoms with Crippen molar-refractivity contribution < 1.29 is 14.3 Å². The van der Waals surface area contributed by atoms with Gasteiger partial charge in [0.1, 0.15) is 29.3 Å². The molecule has 3 aromatic rings. The van der Waals surface area contributed by atoms with Gasteiger partial charge < -0.3 is 20.5 Å². The van der Waals surface area contributed by atoms with Crippen LogP contribution < -0.4 is 20.5 Å². The molecule has 0 aliphatic carbocycles. The van der Waals surface area contributed by atoms with Crippen LogP contribution in [0, 0.1) is 11.8 Å². The van der Waals surface area contributed by atoms with E-state index in [9.17, 15) is 4.79 Å². The zero-order valence-corrected chi connectivity index (χ0v) is 17.4. The Morgan fingerprint density at radius 1 is 1.19 bits per heavy atom. The number of nitrogens with two attached hydrogens (primary N) is 1. The third-order valence-electron chi connectivity index (χ3n) is 4.56. The Morgan fingerprint density at radius 3 is 2.62 bits per heavy atom. The van der Waals surface area contributed by atoms with Gasteiger partial charge in [-0.3, -0.25) is 9.69 Å². The number of hydrogen-bond acceptors (Lipinski definition) is 8. The van der Waals surface area contributed by atoms with E-state index >= 15 is 0 Å². The summed E-state index contributed by atoms with van der Waals surface area (Å²) in [5, 5.41) is 8.10. The zero-order chi connectivity index (χ0) is 22.7. The number of benzene rings is 1. The van der Waals surface area contributed by atoms with Gasteiger partial charge in [0, 0.05) is 24.0 Å². The molecule has 0 bridgehead atoms. The minimum absolute atomic E-state index is 0.236. The molecule has 0 fully saturated rings. The molecule has 32 heavy (non-hydrogen) atoms. The Labute approximate surface area is 183 Å². The van der Waals surface area contributed by atoms with E-state index in [1.54, 1.807) is 51.0 Å². The minimum Gasteiger partial charge on any atom is -0.497 e. The molecule has 1 aliphatic rings. The van der Waals surface area contributed by atoms with Crippen LogP contribution in [0.2, 0.25) is 0 Å². The largest absolute Gasteiger partial charge is 0.497 e. The summed E-state index contributed by atoms with van der Waals surface area (Å²) in [7, 11) is 3.14. The van der Waals surface area contributed by atoms with E-state index in [1.807, 2.05) is 0 Å². The molecule has 10 nitrogen and oxygen atoms in total. The Morgan fingerprint density at radius 2 is 1.94 bits per heavy atom. The first kappa shape index (κ1) is 20.5. The van der Waals surface area contributed by atoms with Crippen molar-refractivity contribution in [1.29, 1.82) is 0 Å². The number of aromatic nitrogens is 4. The van der Waals surface area contributed by atoms with Crippen LogP contribution in [-0.4, -0.2) is 44.8 Å². The normalized spacial score (nSPS) is 12.4. The zero-order valence-electron chi connectivity index (χ0n) is 17.4. The first-order valence-electron chi connectivity index (χ1n) is 9.38. The fourth-order valence-corrected chi connectivity index (χ4v) is 3.01. The number of methoxy groups -OCH3 is 2. The van der Waals surface area contributed by atoms with E-state index in [1.165, 1.54) is 22.0 Å². The molecule has 160 valence electrons. The number of nitrogens with zero attached hydrogens (tertiary/aromatic N) is 5. The highest BCUT2D eigenvalue weighted by atomic mass is 16.5. The number of ether oxygens (including phenoxy) is 2. The van der Waals surface area contributed by atoms with Gasteiger partial charge in [-0.05, 0) is 24.1 Å². The molecule has 3 heterocycles. The quantitative estimate of drug-likeness (QED) is 0.475. The average molecular weight is 429 g/mol. The summed E-state index contributed by atoms with van der Waals surface area (Å²) in [5.41, 5.74) is 7.59. The van der Waals surface area contributed by atoms with Crippen LogP contribution in [-0.2, 0) is 4.79 Å². The number of carbonyl (C=O) groups is 1. The third kappa shape index (κ3) is 3.82. The predicted molar refractivity (Wildman–Crippen MR) is 119 cm³/mol. The Bertz CT molecular complexity index is 1320. The lowest BCUT2D eigenvalue weighted by atomic mass is 10.2. The van der Waals surface area contributed by atoms with E-state index in [0.29, 0.717) is 39.6 Å². The van der Waals surface area contributed by atoms with Gasteiger partial charge in [0.05, 0.1) is 25.8 Å². The number of fused-ring (bicyclic) bond motifs is 1. The number of rotatable bonds is 4. The summed E-state index contributed by atoms with van der Waals surface area (Å²) >= 11 is 0. The second-order valence-electron chi connectivity index (χ2n) is 6.49. The van der Waals surface area contributed by atoms with Crippen molar-refractivity contribution in [2.45, 2.75) is 0 Å². The molecule has 1 amide bonds. The van der Waals surface area contributed by atoms with Crippen LogP contribution in [0.3, 0.4) is 0 Å². The molecular weight excluding hydrogens is 410 g/mol. The molecule has 0 spiro atoms. The van der Waals surface area contributed by atoms with Crippen LogP contribution in [0.5, 0.6) is 11.5 Å². The number of carbonyl (C=O) groups excluding carboxylic acids is 1. The fourth-order valence-electron chi connectivity index (χ4n) is 3.01. The molecule has 2 aromatic heterocycles. The molecule has 1 aromatic carbocycles. The molecular formula is C22H19N7O3. The summed E-state index contributed by atoms with van der Waals surface area (Å²) < 4.78 is 12.1. The summed E-state index contributed by atoms with van der Waals surface area (Å²) in [6.07, 6.45) is 7.29. The van der Waals surface area contributed by atoms with Crippen molar-refractivity contribution in [1.82, 2.24) is 30.0 Å². The average Bonchev–Trinajstić information content (AvgIpc) is 3.22. The number of anilines is 1. The van der Waals surface area contributed by atoms with Gasteiger partial charge >= 0.3 is 0 Å². The number of nitrogen functional groups attached to an aromatic ring is 1. The number of amides is 1. The Hall–Kier alpha value is -4.78. The molecule has 0 unspecified atom stereocenters. The Balaban J connectivity index is 1.82. The predicted octanol–water partition coefficient (Wildman–Crippen LogP) is 1.67. The fraction of sp³-hybridized carbons (Fsp3) is 0.0909. The Kier molecular flexibility index (Phi) is 5.46. The smallest absolute Gasteiger partial charge is 0.254 e. The number of hydrogen-bond donors (Lipinski definition) is 2. The highest BCUT2D eigenvalue weighted by molar-refractivity contribution is 5.93. The van der Waals surface area contributed by atoms with Crippen molar-refractivity contribution in [2.75, 3.05) is 20.0 Å². The minimum atomic E-state index is -0.294. The van der Waals surface area contributed by atoms with Gasteiger partial charge in [-0.15, -0.1) is 0 Å². The SMILES string of the molecule is C=CC(=O)N1C=CNC(n2nc(C#Cc3cc(OC)cc(OC)c3)c3c(N)ncnc32)=C1. The lowest BCUT2D eigenvalue weighted by molar-refractivity contribution is -0.121. The van der Waals surface area contributed by atoms with E-state index in [0.717, 1.165) is 0 Å². The highest BCUT2D eigenvalue weighted by Gasteiger charge is 2.19. The van der Waals surface area contributed by atoms with Gasteiger partial charge in [0.25, 0.3) is 5.91 Å². The third-order valence-corrected chi connectivity index (χ3v) is 4.56. The second-order valence-corrected chi connectivity index (χ2v) is 6.49. The van der Waals surface area contributed by atoms with Gasteiger partial charge in [0.15, 0.2) is 11.5 Å². The first-order valence-corrected chi connectivity index (χ1v) is 9.38. The summed E-state index contributed by atoms with van der Waals surface area (Å²) in [4.78, 5) is 21.7. The second kappa shape index (κ2) is 8.53. The molecule has 1 aliphatic heterocycles. The molecule has 3 N–H and O–H groups in total. The standard InChI is InChI=1S/C22H19N7O3/c1-4-19(30)28-8-7-24-18(12-28)29-22-20(21(23)25-13-26-22)17(27-29)6-5-14-9-15(31-2)11-16(10-14)32-3/h4,7-13,24H,1H2,2-3H3,(H2,23,25,26). The molecule has 10 heteroatoms. The van der Waals surface area contributed by atoms with Crippen molar-refractivity contribution in [3.8, 4) is 23.3 Å². The van der Waals surface area contributed by atoms with Crippen molar-refractivity contribution in [3.63, 3.8) is 0 Å². The topological polar surface area (TPSA) is 120 Å². The van der Waals surface area contributed by atoms with E-state index < -0.39 is 0 Å². The van der Waals surface area contributed by atoms with Crippen LogP contribution in [0.15, 0.2) is 55.8 Å². The highest BCUT2D eigenvalue weighted by Crippen LogP contribution is 2.25. The van der Waals surface area contributed by atoms with Crippen molar-refractivity contribution in [3.05, 3.63) is 67.0 Å². The molecule has 0 atom stereocenters. The first-order chi connectivity index (χ1) is 15.5. The summed E-state index contributed by atoms with van der Waals surface area (Å²) in [6, 6.07) is 5.32. The van der Waals surface area contributed by atoms with Crippen molar-refractivity contribution >= 4 is 28.6 Å². The maximum Gasteiger partial charge on any atom is 0.254 e. The van der Waals surface area contributed by atoms with Crippen LogP contribution >= 0.6 is 0 Å². The lowest BCUT2D eigenvalue weighted by Gasteiger charge is -2.19. The monoisotopic (exact) mass is 429 g/mol. The van der Waals surface area contributed by atoms with Crippen LogP contribution in [0.25, 0.3) is 16.9 Å². The molecule has 0 saturated carbocycles. The van der Waals surface area contributed by atoms with Crippen LogP contribution in [0.1, 0.15) is 11.3 Å². The summed E-state index contributed by atoms with van der Waals surface area (Å²) in [5.74, 6) is 7.73. The van der Waals surface area contributed by atoms with Gasteiger partial charge in [-0.1, -0.05) is 12.5 Å². The van der Waals surface area contributed by atoms with Gasteiger partial charge in [-0.2, -0.15) is 9.78 Å². The van der Waals surface area contributed by atoms with Gasteiger partial charge in [0.2, 0.25) is 0 Å². The van der Waals surface area contributed by atoms with E-state index in [2.05, 4.69) is 38.8 Å². The number of nitrogens with one attached hydrogen (secondary N) is 1. The van der Waals surface area contributed by atoms with Gasteiger partial charge in [-0.25, -0.2) is 9.97 Å². The van der Waals surface area contributed by atoms with Crippen molar-refractivity contribution in [2.24, 2.45) is 0 Å². The van der Waals surface area contributed by atoms with E-state index in [-0.39, 0.29) is 11.7 Å². The molecule has 0 radical (unpaired) electrons. The van der Waals surface area contributed by atoms with E-state index in [4.69, 9.17) is 15.2 Å². The maximum absolute atomic E-state index is 12.0. The lowest BCUT2D eigenvalue weighted by Crippen LogP contribution is -2.26. The molecule has 0 saturated heterocycles. The summed E-state index contributed by atoms with van der Waals surface area (Å²) in [6.45, 7) is 3.51. The maximum atomic E-state index is 12.0. The molecule has 4 rings (SSSR count).